The number of rotatable bonds is 4. The maximum absolute atomic E-state index is 11.9. The predicted molar refractivity (Wildman–Crippen MR) is 79.1 cm³/mol. The molecule has 2 N–H and O–H groups in total. The number of benzene rings is 1. The standard InChI is InChI=1S/C14H12Cl2N2O2/c15-12-8-9(17)7-11(13(12)16)14(19)20-6-4-10-3-1-2-5-18-10/h1-3,5,7-8H,4,6,17H2. The van der Waals surface area contributed by atoms with Gasteiger partial charge in [-0.2, -0.15) is 0 Å². The molecule has 6 heteroatoms. The summed E-state index contributed by atoms with van der Waals surface area (Å²) in [5, 5.41) is 0.368. The highest BCUT2D eigenvalue weighted by Crippen LogP contribution is 2.29. The first-order valence-corrected chi connectivity index (χ1v) is 6.65. The first-order chi connectivity index (χ1) is 9.58. The van der Waals surface area contributed by atoms with Crippen molar-refractivity contribution >= 4 is 34.9 Å². The van der Waals surface area contributed by atoms with Crippen LogP contribution in [0.5, 0.6) is 0 Å². The van der Waals surface area contributed by atoms with Crippen LogP contribution in [0, 0.1) is 0 Å². The molecule has 20 heavy (non-hydrogen) atoms. The quantitative estimate of drug-likeness (QED) is 0.694. The Labute approximate surface area is 126 Å². The van der Waals surface area contributed by atoms with Gasteiger partial charge in [-0.1, -0.05) is 29.3 Å². The van der Waals surface area contributed by atoms with E-state index in [4.69, 9.17) is 33.7 Å². The van der Waals surface area contributed by atoms with Gasteiger partial charge in [0.2, 0.25) is 0 Å². The third-order valence-corrected chi connectivity index (χ3v) is 3.39. The molecular formula is C14H12Cl2N2O2. The Morgan fingerprint density at radius 3 is 2.80 bits per heavy atom. The first-order valence-electron chi connectivity index (χ1n) is 5.89. The van der Waals surface area contributed by atoms with Crippen molar-refractivity contribution in [3.63, 3.8) is 0 Å². The van der Waals surface area contributed by atoms with Crippen LogP contribution >= 0.6 is 23.2 Å². The van der Waals surface area contributed by atoms with Gasteiger partial charge in [0.25, 0.3) is 0 Å². The van der Waals surface area contributed by atoms with Crippen LogP contribution in [0.4, 0.5) is 5.69 Å². The lowest BCUT2D eigenvalue weighted by Crippen LogP contribution is -2.10. The maximum Gasteiger partial charge on any atom is 0.339 e. The van der Waals surface area contributed by atoms with Crippen LogP contribution in [0.2, 0.25) is 10.0 Å². The van der Waals surface area contributed by atoms with Gasteiger partial charge < -0.3 is 10.5 Å². The minimum atomic E-state index is -0.555. The molecular weight excluding hydrogens is 299 g/mol. The average Bonchev–Trinajstić information content (AvgIpc) is 2.44. The van der Waals surface area contributed by atoms with Crippen molar-refractivity contribution in [3.05, 3.63) is 57.8 Å². The number of nitrogens with two attached hydrogens (primary N) is 1. The molecule has 0 bridgehead atoms. The van der Waals surface area contributed by atoms with E-state index < -0.39 is 5.97 Å². The van der Waals surface area contributed by atoms with Gasteiger partial charge in [0.05, 0.1) is 22.2 Å². The molecule has 1 aromatic heterocycles. The van der Waals surface area contributed by atoms with Crippen molar-refractivity contribution in [3.8, 4) is 0 Å². The predicted octanol–water partition coefficient (Wildman–Crippen LogP) is 3.37. The smallest absolute Gasteiger partial charge is 0.339 e. The number of carbonyl (C=O) groups is 1. The average molecular weight is 311 g/mol. The number of hydrogen-bond donors (Lipinski definition) is 1. The van der Waals surface area contributed by atoms with Gasteiger partial charge in [0.15, 0.2) is 0 Å². The monoisotopic (exact) mass is 310 g/mol. The molecule has 1 aromatic carbocycles. The normalized spacial score (nSPS) is 10.3. The fourth-order valence-electron chi connectivity index (χ4n) is 1.63. The number of esters is 1. The van der Waals surface area contributed by atoms with Crippen LogP contribution in [0.15, 0.2) is 36.5 Å². The lowest BCUT2D eigenvalue weighted by atomic mass is 10.2. The SMILES string of the molecule is Nc1cc(Cl)c(Cl)c(C(=O)OCCc2ccccn2)c1. The fourth-order valence-corrected chi connectivity index (χ4v) is 2.04. The van der Waals surface area contributed by atoms with E-state index in [2.05, 4.69) is 4.98 Å². The zero-order chi connectivity index (χ0) is 14.5. The van der Waals surface area contributed by atoms with Gasteiger partial charge in [-0.15, -0.1) is 0 Å². The number of anilines is 1. The van der Waals surface area contributed by atoms with E-state index in [0.29, 0.717) is 12.1 Å². The van der Waals surface area contributed by atoms with Gasteiger partial charge in [-0.25, -0.2) is 4.79 Å². The lowest BCUT2D eigenvalue weighted by Gasteiger charge is -2.08. The highest BCUT2D eigenvalue weighted by atomic mass is 35.5. The maximum atomic E-state index is 11.9. The molecule has 0 atom stereocenters. The molecule has 2 rings (SSSR count). The number of halogens is 2. The summed E-state index contributed by atoms with van der Waals surface area (Å²) in [6.07, 6.45) is 2.21. The third kappa shape index (κ3) is 3.62. The minimum absolute atomic E-state index is 0.142. The van der Waals surface area contributed by atoms with Gasteiger partial charge in [-0.3, -0.25) is 4.98 Å². The second-order valence-corrected chi connectivity index (χ2v) is 4.86. The van der Waals surface area contributed by atoms with E-state index in [1.54, 1.807) is 6.20 Å². The highest BCUT2D eigenvalue weighted by Gasteiger charge is 2.15. The molecule has 0 aliphatic heterocycles. The number of nitrogens with zero attached hydrogens (tertiary/aromatic N) is 1. The summed E-state index contributed by atoms with van der Waals surface area (Å²) in [5.41, 5.74) is 6.99. The minimum Gasteiger partial charge on any atom is -0.462 e. The van der Waals surface area contributed by atoms with Crippen LogP contribution in [0.1, 0.15) is 16.1 Å². The summed E-state index contributed by atoms with van der Waals surface area (Å²) in [5.74, 6) is -0.555. The Morgan fingerprint density at radius 2 is 2.10 bits per heavy atom. The summed E-state index contributed by atoms with van der Waals surface area (Å²) >= 11 is 11.8. The largest absolute Gasteiger partial charge is 0.462 e. The Balaban J connectivity index is 1.99. The lowest BCUT2D eigenvalue weighted by molar-refractivity contribution is 0.0508. The van der Waals surface area contributed by atoms with Gasteiger partial charge >= 0.3 is 5.97 Å². The number of ether oxygens (including phenoxy) is 1. The van der Waals surface area contributed by atoms with E-state index in [9.17, 15) is 4.79 Å². The van der Waals surface area contributed by atoms with Crippen LogP contribution in [-0.2, 0) is 11.2 Å². The van der Waals surface area contributed by atoms with Gasteiger partial charge in [-0.05, 0) is 24.3 Å². The molecule has 0 aliphatic rings. The number of carbonyl (C=O) groups excluding carboxylic acids is 1. The number of pyridine rings is 1. The fraction of sp³-hybridized carbons (Fsp3) is 0.143. The van der Waals surface area contributed by atoms with Crippen molar-refractivity contribution in [2.45, 2.75) is 6.42 Å². The van der Waals surface area contributed by atoms with Crippen LogP contribution in [-0.4, -0.2) is 17.6 Å². The van der Waals surface area contributed by atoms with E-state index in [1.807, 2.05) is 18.2 Å². The van der Waals surface area contributed by atoms with E-state index in [1.165, 1.54) is 12.1 Å². The zero-order valence-corrected chi connectivity index (χ0v) is 12.0. The van der Waals surface area contributed by atoms with Crippen molar-refractivity contribution in [1.82, 2.24) is 4.98 Å². The van der Waals surface area contributed by atoms with Crippen molar-refractivity contribution < 1.29 is 9.53 Å². The Hall–Kier alpha value is -1.78. The second-order valence-electron chi connectivity index (χ2n) is 4.07. The Kier molecular flexibility index (Phi) is 4.82. The number of nitrogen functional groups attached to an aromatic ring is 1. The molecule has 0 spiro atoms. The molecule has 104 valence electrons. The molecule has 1 heterocycles. The van der Waals surface area contributed by atoms with E-state index in [-0.39, 0.29) is 22.2 Å². The van der Waals surface area contributed by atoms with E-state index >= 15 is 0 Å². The topological polar surface area (TPSA) is 65.2 Å². The summed E-state index contributed by atoms with van der Waals surface area (Å²) in [4.78, 5) is 16.1. The molecule has 0 fully saturated rings. The number of aromatic nitrogens is 1. The molecule has 0 saturated heterocycles. The van der Waals surface area contributed by atoms with Gasteiger partial charge in [0, 0.05) is 24.0 Å². The Morgan fingerprint density at radius 1 is 1.30 bits per heavy atom. The molecule has 0 unspecified atom stereocenters. The van der Waals surface area contributed by atoms with Crippen molar-refractivity contribution in [2.24, 2.45) is 0 Å². The van der Waals surface area contributed by atoms with Gasteiger partial charge in [0.1, 0.15) is 0 Å². The molecule has 0 aliphatic carbocycles. The summed E-state index contributed by atoms with van der Waals surface area (Å²) in [6.45, 7) is 0.207. The highest BCUT2D eigenvalue weighted by molar-refractivity contribution is 6.44. The van der Waals surface area contributed by atoms with Crippen molar-refractivity contribution in [1.29, 1.82) is 0 Å². The third-order valence-electron chi connectivity index (χ3n) is 2.59. The van der Waals surface area contributed by atoms with E-state index in [0.717, 1.165) is 5.69 Å². The van der Waals surface area contributed by atoms with Crippen LogP contribution in [0.3, 0.4) is 0 Å². The van der Waals surface area contributed by atoms with Crippen LogP contribution in [0.25, 0.3) is 0 Å². The summed E-state index contributed by atoms with van der Waals surface area (Å²) in [6, 6.07) is 8.48. The summed E-state index contributed by atoms with van der Waals surface area (Å²) < 4.78 is 5.15. The molecule has 0 radical (unpaired) electrons. The molecule has 2 aromatic rings. The summed E-state index contributed by atoms with van der Waals surface area (Å²) in [7, 11) is 0. The van der Waals surface area contributed by atoms with Crippen LogP contribution < -0.4 is 5.73 Å². The van der Waals surface area contributed by atoms with Crippen molar-refractivity contribution in [2.75, 3.05) is 12.3 Å². The molecule has 0 saturated carbocycles. The first kappa shape index (κ1) is 14.6. The Bertz CT molecular complexity index is 618. The molecule has 4 nitrogen and oxygen atoms in total. The molecule has 0 amide bonds. The second kappa shape index (κ2) is 6.59. The number of hydrogen-bond acceptors (Lipinski definition) is 4. The zero-order valence-electron chi connectivity index (χ0n) is 10.5.